The zero-order chi connectivity index (χ0) is 21.2. The summed E-state index contributed by atoms with van der Waals surface area (Å²) < 4.78 is 56.2. The number of sulfonamides is 1. The predicted octanol–water partition coefficient (Wildman–Crippen LogP) is 1.67. The second-order valence-corrected chi connectivity index (χ2v) is 10.6. The molecular weight excluding hydrogens is 416 g/mol. The fourth-order valence-corrected chi connectivity index (χ4v) is 5.32. The summed E-state index contributed by atoms with van der Waals surface area (Å²) in [6.07, 6.45) is 1.03. The molecule has 0 bridgehead atoms. The van der Waals surface area contributed by atoms with Gasteiger partial charge >= 0.3 is 0 Å². The van der Waals surface area contributed by atoms with E-state index in [4.69, 9.17) is 4.74 Å². The first-order valence-electron chi connectivity index (χ1n) is 8.90. The summed E-state index contributed by atoms with van der Waals surface area (Å²) in [4.78, 5) is 12.7. The zero-order valence-corrected chi connectivity index (χ0v) is 17.7. The number of morpholine rings is 1. The van der Waals surface area contributed by atoms with Crippen LogP contribution in [0.1, 0.15) is 15.9 Å². The van der Waals surface area contributed by atoms with E-state index in [9.17, 15) is 21.6 Å². The second-order valence-electron chi connectivity index (χ2n) is 6.72. The molecule has 1 saturated heterocycles. The summed E-state index contributed by atoms with van der Waals surface area (Å²) in [5.74, 6) is -0.630. The Balaban J connectivity index is 1.93. The van der Waals surface area contributed by atoms with E-state index in [0.29, 0.717) is 24.5 Å². The molecule has 0 aromatic heterocycles. The number of ether oxygens (including phenoxy) is 1. The first-order chi connectivity index (χ1) is 13.6. The standard InChI is InChI=1S/C19H22N2O6S2/c1-14-7-8-15(29(25,26)21-9-11-27-12-10-21)13-17(14)20-19(22)16-5-3-4-6-18(16)28(2,23)24/h3-8,13H,9-12H2,1-2H3,(H,20,22). The zero-order valence-electron chi connectivity index (χ0n) is 16.1. The number of nitrogens with zero attached hydrogens (tertiary/aromatic N) is 1. The SMILES string of the molecule is Cc1ccc(S(=O)(=O)N2CCOCC2)cc1NC(=O)c1ccccc1S(C)(=O)=O. The Bertz CT molecular complexity index is 1140. The summed E-state index contributed by atoms with van der Waals surface area (Å²) in [6, 6.07) is 10.3. The third-order valence-corrected chi connectivity index (χ3v) is 7.65. The number of aryl methyl sites for hydroxylation is 1. The van der Waals surface area contributed by atoms with Gasteiger partial charge in [0, 0.05) is 25.0 Å². The van der Waals surface area contributed by atoms with Crippen LogP contribution in [0.15, 0.2) is 52.3 Å². The summed E-state index contributed by atoms with van der Waals surface area (Å²) in [6.45, 7) is 2.91. The topological polar surface area (TPSA) is 110 Å². The van der Waals surface area contributed by atoms with Crippen molar-refractivity contribution in [1.82, 2.24) is 4.31 Å². The van der Waals surface area contributed by atoms with E-state index in [1.165, 1.54) is 34.6 Å². The summed E-state index contributed by atoms with van der Waals surface area (Å²) in [7, 11) is -7.33. The van der Waals surface area contributed by atoms with Gasteiger partial charge in [-0.3, -0.25) is 4.79 Å². The number of nitrogens with one attached hydrogen (secondary N) is 1. The Labute approximate surface area is 170 Å². The average molecular weight is 439 g/mol. The van der Waals surface area contributed by atoms with Crippen molar-refractivity contribution in [3.8, 4) is 0 Å². The third kappa shape index (κ3) is 4.67. The van der Waals surface area contributed by atoms with Gasteiger partial charge in [-0.15, -0.1) is 0 Å². The van der Waals surface area contributed by atoms with Gasteiger partial charge in [0.25, 0.3) is 5.91 Å². The van der Waals surface area contributed by atoms with Crippen LogP contribution in [0.5, 0.6) is 0 Å². The van der Waals surface area contributed by atoms with Crippen LogP contribution >= 0.6 is 0 Å². The molecule has 0 atom stereocenters. The monoisotopic (exact) mass is 438 g/mol. The molecule has 1 aliphatic heterocycles. The van der Waals surface area contributed by atoms with E-state index in [0.717, 1.165) is 6.26 Å². The van der Waals surface area contributed by atoms with Gasteiger partial charge in [0.15, 0.2) is 9.84 Å². The minimum Gasteiger partial charge on any atom is -0.379 e. The number of hydrogen-bond acceptors (Lipinski definition) is 6. The van der Waals surface area contributed by atoms with Gasteiger partial charge in [-0.1, -0.05) is 18.2 Å². The van der Waals surface area contributed by atoms with Gasteiger partial charge in [0.05, 0.1) is 28.6 Å². The van der Waals surface area contributed by atoms with Crippen molar-refractivity contribution in [2.75, 3.05) is 37.9 Å². The number of amides is 1. The highest BCUT2D eigenvalue weighted by Crippen LogP contribution is 2.25. The first kappa shape index (κ1) is 21.4. The Kier molecular flexibility index (Phi) is 6.08. The minimum atomic E-state index is -3.73. The fraction of sp³-hybridized carbons (Fsp3) is 0.316. The highest BCUT2D eigenvalue weighted by Gasteiger charge is 2.27. The molecule has 8 nitrogen and oxygen atoms in total. The maximum atomic E-state index is 12.9. The Morgan fingerprint density at radius 3 is 2.34 bits per heavy atom. The van der Waals surface area contributed by atoms with Gasteiger partial charge in [-0.25, -0.2) is 16.8 Å². The number of benzene rings is 2. The lowest BCUT2D eigenvalue weighted by Crippen LogP contribution is -2.40. The second kappa shape index (κ2) is 8.23. The Hall–Kier alpha value is -2.27. The first-order valence-corrected chi connectivity index (χ1v) is 12.2. The normalized spacial score (nSPS) is 15.8. The van der Waals surface area contributed by atoms with Gasteiger partial charge in [0.1, 0.15) is 0 Å². The maximum Gasteiger partial charge on any atom is 0.256 e. The van der Waals surface area contributed by atoms with E-state index in [-0.39, 0.29) is 28.4 Å². The van der Waals surface area contributed by atoms with E-state index in [2.05, 4.69) is 5.32 Å². The van der Waals surface area contributed by atoms with E-state index >= 15 is 0 Å². The summed E-state index contributed by atoms with van der Waals surface area (Å²) in [5.41, 5.74) is 0.944. The Morgan fingerprint density at radius 1 is 1.03 bits per heavy atom. The lowest BCUT2D eigenvalue weighted by molar-refractivity contribution is 0.0730. The molecule has 0 radical (unpaired) electrons. The molecule has 10 heteroatoms. The van der Waals surface area contributed by atoms with Gasteiger partial charge in [-0.05, 0) is 36.8 Å². The number of sulfone groups is 1. The molecule has 3 rings (SSSR count). The number of rotatable bonds is 5. The molecule has 1 heterocycles. The number of hydrogen-bond donors (Lipinski definition) is 1. The highest BCUT2D eigenvalue weighted by molar-refractivity contribution is 7.90. The third-order valence-electron chi connectivity index (χ3n) is 4.60. The molecule has 0 aliphatic carbocycles. The molecule has 0 saturated carbocycles. The van der Waals surface area contributed by atoms with Crippen LogP contribution in [0.3, 0.4) is 0 Å². The molecule has 2 aromatic rings. The minimum absolute atomic E-state index is 0.00385. The molecule has 0 unspecified atom stereocenters. The van der Waals surface area contributed by atoms with Crippen molar-refractivity contribution in [2.24, 2.45) is 0 Å². The van der Waals surface area contributed by atoms with Crippen LogP contribution in [0.25, 0.3) is 0 Å². The molecular formula is C19H22N2O6S2. The van der Waals surface area contributed by atoms with Crippen molar-refractivity contribution < 1.29 is 26.4 Å². The van der Waals surface area contributed by atoms with Crippen molar-refractivity contribution in [3.63, 3.8) is 0 Å². The predicted molar refractivity (Wildman–Crippen MR) is 108 cm³/mol. The molecule has 1 aliphatic rings. The van der Waals surface area contributed by atoms with Crippen LogP contribution in [-0.4, -0.2) is 59.6 Å². The van der Waals surface area contributed by atoms with Gasteiger partial charge in [0.2, 0.25) is 10.0 Å². The van der Waals surface area contributed by atoms with Gasteiger partial charge in [-0.2, -0.15) is 4.31 Å². The lowest BCUT2D eigenvalue weighted by atomic mass is 10.1. The number of anilines is 1. The lowest BCUT2D eigenvalue weighted by Gasteiger charge is -2.26. The molecule has 0 spiro atoms. The van der Waals surface area contributed by atoms with Crippen LogP contribution < -0.4 is 5.32 Å². The fourth-order valence-electron chi connectivity index (χ4n) is 3.00. The van der Waals surface area contributed by atoms with E-state index < -0.39 is 25.8 Å². The average Bonchev–Trinajstić information content (AvgIpc) is 2.69. The van der Waals surface area contributed by atoms with Crippen molar-refractivity contribution in [3.05, 3.63) is 53.6 Å². The smallest absolute Gasteiger partial charge is 0.256 e. The van der Waals surface area contributed by atoms with Crippen LogP contribution in [0.2, 0.25) is 0 Å². The quantitative estimate of drug-likeness (QED) is 0.760. The summed E-state index contributed by atoms with van der Waals surface area (Å²) in [5, 5.41) is 2.64. The molecule has 1 fully saturated rings. The molecule has 2 aromatic carbocycles. The largest absolute Gasteiger partial charge is 0.379 e. The highest BCUT2D eigenvalue weighted by atomic mass is 32.2. The number of carbonyl (C=O) groups is 1. The Morgan fingerprint density at radius 2 is 1.69 bits per heavy atom. The summed E-state index contributed by atoms with van der Waals surface area (Å²) >= 11 is 0. The van der Waals surface area contributed by atoms with Crippen LogP contribution in [0, 0.1) is 6.92 Å². The van der Waals surface area contributed by atoms with Crippen molar-refractivity contribution in [2.45, 2.75) is 16.7 Å². The maximum absolute atomic E-state index is 12.9. The van der Waals surface area contributed by atoms with Crippen LogP contribution in [0.4, 0.5) is 5.69 Å². The molecule has 1 N–H and O–H groups in total. The number of carbonyl (C=O) groups excluding carboxylic acids is 1. The van der Waals surface area contributed by atoms with E-state index in [1.807, 2.05) is 0 Å². The molecule has 1 amide bonds. The molecule has 29 heavy (non-hydrogen) atoms. The van der Waals surface area contributed by atoms with Crippen LogP contribution in [-0.2, 0) is 24.6 Å². The van der Waals surface area contributed by atoms with E-state index in [1.54, 1.807) is 19.1 Å². The molecule has 156 valence electrons. The van der Waals surface area contributed by atoms with Crippen molar-refractivity contribution >= 4 is 31.5 Å². The van der Waals surface area contributed by atoms with Gasteiger partial charge < -0.3 is 10.1 Å². The van der Waals surface area contributed by atoms with Crippen molar-refractivity contribution in [1.29, 1.82) is 0 Å².